The molecule has 0 aliphatic rings. The van der Waals surface area contributed by atoms with Crippen LogP contribution in [0.5, 0.6) is 5.75 Å². The second-order valence-electron chi connectivity index (χ2n) is 7.18. The first-order valence-corrected chi connectivity index (χ1v) is 10.4. The molecule has 0 unspecified atom stereocenters. The highest BCUT2D eigenvalue weighted by atomic mass is 35.5. The summed E-state index contributed by atoms with van der Waals surface area (Å²) in [6.07, 6.45) is 0.801. The summed E-state index contributed by atoms with van der Waals surface area (Å²) >= 11 is 6.05. The van der Waals surface area contributed by atoms with Crippen molar-refractivity contribution in [2.75, 3.05) is 6.61 Å². The zero-order chi connectivity index (χ0) is 22.7. The van der Waals surface area contributed by atoms with Crippen LogP contribution in [-0.4, -0.2) is 27.5 Å². The molecule has 0 aliphatic carbocycles. The first-order chi connectivity index (χ1) is 15.4. The van der Waals surface area contributed by atoms with E-state index in [2.05, 4.69) is 0 Å². The van der Waals surface area contributed by atoms with Gasteiger partial charge in [-0.2, -0.15) is 5.10 Å². The van der Waals surface area contributed by atoms with Crippen molar-refractivity contribution >= 4 is 17.6 Å². The summed E-state index contributed by atoms with van der Waals surface area (Å²) in [6, 6.07) is 20.9. The Labute approximate surface area is 189 Å². The van der Waals surface area contributed by atoms with E-state index >= 15 is 0 Å². The molecule has 0 saturated heterocycles. The van der Waals surface area contributed by atoms with Gasteiger partial charge in [0, 0.05) is 16.1 Å². The van der Waals surface area contributed by atoms with Crippen LogP contribution in [0.15, 0.2) is 72.8 Å². The van der Waals surface area contributed by atoms with Crippen LogP contribution in [0.3, 0.4) is 0 Å². The van der Waals surface area contributed by atoms with Crippen LogP contribution in [0.25, 0.3) is 28.2 Å². The van der Waals surface area contributed by atoms with Gasteiger partial charge < -0.3 is 9.84 Å². The van der Waals surface area contributed by atoms with Gasteiger partial charge in [0.1, 0.15) is 11.6 Å². The molecule has 1 aromatic heterocycles. The predicted octanol–water partition coefficient (Wildman–Crippen LogP) is 6.02. The molecule has 1 N–H and O–H groups in total. The SMILES string of the molecule is CCc1ccc(OCC(=O)O)c(-c2cc(-c3ccc(F)cc3)n(-c3ccc(Cl)cc3)n2)c1. The van der Waals surface area contributed by atoms with E-state index in [0.29, 0.717) is 22.0 Å². The van der Waals surface area contributed by atoms with Crippen molar-refractivity contribution < 1.29 is 19.0 Å². The maximum atomic E-state index is 13.5. The van der Waals surface area contributed by atoms with Gasteiger partial charge in [-0.15, -0.1) is 0 Å². The van der Waals surface area contributed by atoms with E-state index in [1.54, 1.807) is 35.0 Å². The number of halogens is 2. The zero-order valence-electron chi connectivity index (χ0n) is 17.3. The van der Waals surface area contributed by atoms with E-state index in [1.165, 1.54) is 12.1 Å². The molecule has 0 amide bonds. The minimum Gasteiger partial charge on any atom is -0.481 e. The molecule has 4 rings (SSSR count). The number of ether oxygens (including phenoxy) is 1. The van der Waals surface area contributed by atoms with Crippen LogP contribution >= 0.6 is 11.6 Å². The van der Waals surface area contributed by atoms with Gasteiger partial charge in [-0.1, -0.05) is 24.6 Å². The molecule has 1 heterocycles. The lowest BCUT2D eigenvalue weighted by Gasteiger charge is -2.10. The summed E-state index contributed by atoms with van der Waals surface area (Å²) in [5.74, 6) is -0.961. The van der Waals surface area contributed by atoms with Crippen LogP contribution < -0.4 is 4.74 Å². The maximum absolute atomic E-state index is 13.5. The van der Waals surface area contributed by atoms with Gasteiger partial charge in [0.25, 0.3) is 0 Å². The van der Waals surface area contributed by atoms with E-state index in [9.17, 15) is 9.18 Å². The number of benzene rings is 3. The third-order valence-electron chi connectivity index (χ3n) is 5.00. The number of nitrogens with zero attached hydrogens (tertiary/aromatic N) is 2. The number of carbonyl (C=O) groups is 1. The monoisotopic (exact) mass is 450 g/mol. The molecule has 0 aliphatic heterocycles. The standard InChI is InChI=1S/C25H20ClFN2O3/c1-2-16-3-12-24(32-15-25(30)31)21(13-16)22-14-23(17-4-8-19(27)9-5-17)29(28-22)20-10-6-18(26)7-11-20/h3-14H,2,15H2,1H3,(H,30,31). The van der Waals surface area contributed by atoms with E-state index in [4.69, 9.17) is 26.5 Å². The van der Waals surface area contributed by atoms with Crippen LogP contribution in [-0.2, 0) is 11.2 Å². The van der Waals surface area contributed by atoms with Gasteiger partial charge in [-0.05, 0) is 78.7 Å². The number of aromatic nitrogens is 2. The second-order valence-corrected chi connectivity index (χ2v) is 7.61. The molecule has 0 fully saturated rings. The summed E-state index contributed by atoms with van der Waals surface area (Å²) in [5, 5.41) is 14.4. The lowest BCUT2D eigenvalue weighted by molar-refractivity contribution is -0.139. The van der Waals surface area contributed by atoms with E-state index in [1.807, 2.05) is 37.3 Å². The highest BCUT2D eigenvalue weighted by Crippen LogP contribution is 2.35. The average molecular weight is 451 g/mol. The van der Waals surface area contributed by atoms with Crippen LogP contribution in [0.1, 0.15) is 12.5 Å². The first-order valence-electron chi connectivity index (χ1n) is 10.0. The van der Waals surface area contributed by atoms with Gasteiger partial charge >= 0.3 is 5.97 Å². The van der Waals surface area contributed by atoms with Crippen molar-refractivity contribution in [1.29, 1.82) is 0 Å². The minimum atomic E-state index is -1.06. The quantitative estimate of drug-likeness (QED) is 0.373. The number of rotatable bonds is 7. The van der Waals surface area contributed by atoms with Crippen molar-refractivity contribution in [3.8, 4) is 34.0 Å². The second kappa shape index (κ2) is 9.24. The molecule has 0 bridgehead atoms. The highest BCUT2D eigenvalue weighted by Gasteiger charge is 2.17. The van der Waals surface area contributed by atoms with Crippen LogP contribution in [0.2, 0.25) is 5.02 Å². The Hall–Kier alpha value is -3.64. The first kappa shape index (κ1) is 21.6. The molecular formula is C25H20ClFN2O3. The van der Waals surface area contributed by atoms with Crippen molar-refractivity contribution in [3.05, 3.63) is 89.2 Å². The minimum absolute atomic E-state index is 0.327. The van der Waals surface area contributed by atoms with E-state index < -0.39 is 12.6 Å². The molecule has 0 radical (unpaired) electrons. The fraction of sp³-hybridized carbons (Fsp3) is 0.120. The van der Waals surface area contributed by atoms with Gasteiger partial charge in [0.2, 0.25) is 0 Å². The number of carboxylic acid groups (broad SMARTS) is 1. The Morgan fingerprint density at radius 2 is 1.78 bits per heavy atom. The molecule has 32 heavy (non-hydrogen) atoms. The smallest absolute Gasteiger partial charge is 0.341 e. The van der Waals surface area contributed by atoms with Gasteiger partial charge in [0.05, 0.1) is 17.1 Å². The molecule has 0 saturated carbocycles. The molecule has 0 atom stereocenters. The number of carboxylic acids is 1. The fourth-order valence-corrected chi connectivity index (χ4v) is 3.51. The van der Waals surface area contributed by atoms with Crippen molar-refractivity contribution in [3.63, 3.8) is 0 Å². The molecule has 4 aromatic rings. The molecule has 162 valence electrons. The summed E-state index contributed by atoms with van der Waals surface area (Å²) in [7, 11) is 0. The summed E-state index contributed by atoms with van der Waals surface area (Å²) in [4.78, 5) is 11.0. The average Bonchev–Trinajstić information content (AvgIpc) is 3.24. The molecule has 0 spiro atoms. The maximum Gasteiger partial charge on any atom is 0.341 e. The molecular weight excluding hydrogens is 431 g/mol. The number of hydrogen-bond acceptors (Lipinski definition) is 3. The van der Waals surface area contributed by atoms with Crippen molar-refractivity contribution in [2.45, 2.75) is 13.3 Å². The van der Waals surface area contributed by atoms with Crippen LogP contribution in [0.4, 0.5) is 4.39 Å². The Balaban J connectivity index is 1.88. The van der Waals surface area contributed by atoms with Gasteiger partial charge in [0.15, 0.2) is 6.61 Å². The van der Waals surface area contributed by atoms with E-state index in [-0.39, 0.29) is 5.82 Å². The fourth-order valence-electron chi connectivity index (χ4n) is 3.38. The number of hydrogen-bond donors (Lipinski definition) is 1. The summed E-state index contributed by atoms with van der Waals surface area (Å²) < 4.78 is 20.8. The third-order valence-corrected chi connectivity index (χ3v) is 5.25. The van der Waals surface area contributed by atoms with Gasteiger partial charge in [-0.25, -0.2) is 13.9 Å². The summed E-state index contributed by atoms with van der Waals surface area (Å²) in [6.45, 7) is 1.58. The Kier molecular flexibility index (Phi) is 6.23. The Morgan fingerprint density at radius 3 is 2.44 bits per heavy atom. The summed E-state index contributed by atoms with van der Waals surface area (Å²) in [5.41, 5.74) is 4.65. The predicted molar refractivity (Wildman–Crippen MR) is 122 cm³/mol. The lowest BCUT2D eigenvalue weighted by atomic mass is 10.0. The molecule has 7 heteroatoms. The highest BCUT2D eigenvalue weighted by molar-refractivity contribution is 6.30. The zero-order valence-corrected chi connectivity index (χ0v) is 18.0. The van der Waals surface area contributed by atoms with Gasteiger partial charge in [-0.3, -0.25) is 0 Å². The lowest BCUT2D eigenvalue weighted by Crippen LogP contribution is -2.10. The number of aliphatic carboxylic acids is 1. The topological polar surface area (TPSA) is 64.3 Å². The van der Waals surface area contributed by atoms with Crippen molar-refractivity contribution in [1.82, 2.24) is 9.78 Å². The Bertz CT molecular complexity index is 1190. The third kappa shape index (κ3) is 4.65. The molecule has 3 aromatic carbocycles. The largest absolute Gasteiger partial charge is 0.481 e. The van der Waals surface area contributed by atoms with Crippen molar-refractivity contribution in [2.24, 2.45) is 0 Å². The van der Waals surface area contributed by atoms with Crippen LogP contribution in [0, 0.1) is 5.82 Å². The normalized spacial score (nSPS) is 10.8. The van der Waals surface area contributed by atoms with E-state index in [0.717, 1.165) is 28.9 Å². The number of aryl methyl sites for hydroxylation is 1. The Morgan fingerprint density at radius 1 is 1.06 bits per heavy atom. The molecule has 5 nitrogen and oxygen atoms in total.